The van der Waals surface area contributed by atoms with Crippen LogP contribution in [0.3, 0.4) is 0 Å². The molecule has 6 nitrogen and oxygen atoms in total. The summed E-state index contributed by atoms with van der Waals surface area (Å²) in [5, 5.41) is 3.09. The van der Waals surface area contributed by atoms with Crippen LogP contribution in [-0.2, 0) is 18.6 Å². The molecule has 0 spiro atoms. The number of carbonyl (C=O) groups excluding carboxylic acids is 1. The Kier molecular flexibility index (Phi) is 4.47. The minimum atomic E-state index is -3.62. The Morgan fingerprint density at radius 2 is 2.11 bits per heavy atom. The van der Waals surface area contributed by atoms with Crippen molar-refractivity contribution in [1.82, 2.24) is 5.09 Å². The summed E-state index contributed by atoms with van der Waals surface area (Å²) in [6.45, 7) is 0.293. The Balaban J connectivity index is 2.07. The van der Waals surface area contributed by atoms with Crippen LogP contribution in [0, 0.1) is 0 Å². The molecule has 8 heteroatoms. The highest BCUT2D eigenvalue weighted by molar-refractivity contribution is 7.52. The molecule has 2 rings (SSSR count). The lowest BCUT2D eigenvalue weighted by atomic mass is 10.3. The van der Waals surface area contributed by atoms with Crippen LogP contribution in [0.15, 0.2) is 24.3 Å². The van der Waals surface area contributed by atoms with Crippen molar-refractivity contribution in [3.8, 4) is 5.75 Å². The van der Waals surface area contributed by atoms with Crippen molar-refractivity contribution in [3.05, 3.63) is 29.3 Å². The van der Waals surface area contributed by atoms with Crippen molar-refractivity contribution < 1.29 is 23.1 Å². The lowest BCUT2D eigenvalue weighted by molar-refractivity contribution is -0.139. The highest BCUT2D eigenvalue weighted by atomic mass is 35.5. The second-order valence-electron chi connectivity index (χ2n) is 3.86. The van der Waals surface area contributed by atoms with Gasteiger partial charge in [-0.15, -0.1) is 0 Å². The maximum atomic E-state index is 12.3. The molecule has 1 aromatic carbocycles. The van der Waals surface area contributed by atoms with Crippen molar-refractivity contribution in [2.75, 3.05) is 13.7 Å². The number of cyclic esters (lactones) is 1. The zero-order valence-corrected chi connectivity index (χ0v) is 11.8. The normalized spacial score (nSPS) is 21.8. The van der Waals surface area contributed by atoms with E-state index in [1.807, 2.05) is 0 Å². The number of ether oxygens (including phenoxy) is 1. The average Bonchev–Trinajstić information content (AvgIpc) is 2.78. The van der Waals surface area contributed by atoms with Crippen molar-refractivity contribution in [3.63, 3.8) is 0 Å². The molecular formula is C11H13ClNO5P. The fourth-order valence-electron chi connectivity index (χ4n) is 1.55. The summed E-state index contributed by atoms with van der Waals surface area (Å²) >= 11 is 5.74. The molecule has 0 aliphatic carbocycles. The largest absolute Gasteiger partial charge is 0.464 e. The van der Waals surface area contributed by atoms with Gasteiger partial charge in [0.1, 0.15) is 11.8 Å². The van der Waals surface area contributed by atoms with Gasteiger partial charge in [-0.25, -0.2) is 4.57 Å². The number of benzene rings is 1. The topological polar surface area (TPSA) is 73.9 Å². The average molecular weight is 306 g/mol. The van der Waals surface area contributed by atoms with E-state index in [1.54, 1.807) is 24.3 Å². The minimum absolute atomic E-state index is 0.293. The van der Waals surface area contributed by atoms with E-state index in [-0.39, 0.29) is 0 Å². The molecular weight excluding hydrogens is 293 g/mol. The molecule has 1 N–H and O–H groups in total. The molecule has 0 radical (unpaired) electrons. The molecule has 1 unspecified atom stereocenters. The summed E-state index contributed by atoms with van der Waals surface area (Å²) in [5.74, 6) is -0.134. The number of hydrogen-bond donors (Lipinski definition) is 1. The molecule has 1 fully saturated rings. The first-order valence-corrected chi connectivity index (χ1v) is 7.50. The van der Waals surface area contributed by atoms with Gasteiger partial charge < -0.3 is 9.26 Å². The third kappa shape index (κ3) is 3.70. The van der Waals surface area contributed by atoms with E-state index in [9.17, 15) is 9.36 Å². The quantitative estimate of drug-likeness (QED) is 0.665. The first-order chi connectivity index (χ1) is 9.02. The monoisotopic (exact) mass is 305 g/mol. The molecule has 1 aliphatic rings. The van der Waals surface area contributed by atoms with Gasteiger partial charge in [-0.05, 0) is 24.3 Å². The molecule has 0 amide bonds. The van der Waals surface area contributed by atoms with Crippen LogP contribution < -0.4 is 9.61 Å². The van der Waals surface area contributed by atoms with Gasteiger partial charge in [-0.2, -0.15) is 5.09 Å². The van der Waals surface area contributed by atoms with E-state index in [2.05, 4.69) is 5.09 Å². The smallest absolute Gasteiger partial charge is 0.459 e. The summed E-state index contributed by atoms with van der Waals surface area (Å²) in [5.41, 5.74) is 0. The Hall–Kier alpha value is -1.07. The van der Waals surface area contributed by atoms with E-state index in [4.69, 9.17) is 25.4 Å². The van der Waals surface area contributed by atoms with Gasteiger partial charge >= 0.3 is 13.7 Å². The molecule has 1 heterocycles. The molecule has 1 aliphatic heterocycles. The summed E-state index contributed by atoms with van der Waals surface area (Å²) in [4.78, 5) is 11.3. The van der Waals surface area contributed by atoms with Crippen LogP contribution in [0.5, 0.6) is 5.75 Å². The van der Waals surface area contributed by atoms with Gasteiger partial charge in [-0.3, -0.25) is 9.32 Å². The summed E-state index contributed by atoms with van der Waals surface area (Å²) in [6.07, 6.45) is 0.427. The summed E-state index contributed by atoms with van der Waals surface area (Å²) in [6, 6.07) is 5.63. The fraction of sp³-hybridized carbons (Fsp3) is 0.364. The van der Waals surface area contributed by atoms with Crippen molar-refractivity contribution in [2.24, 2.45) is 0 Å². The Morgan fingerprint density at radius 3 is 2.63 bits per heavy atom. The third-order valence-electron chi connectivity index (χ3n) is 2.53. The predicted molar refractivity (Wildman–Crippen MR) is 69.2 cm³/mol. The molecule has 1 saturated heterocycles. The van der Waals surface area contributed by atoms with Gasteiger partial charge in [-0.1, -0.05) is 11.6 Å². The molecule has 104 valence electrons. The van der Waals surface area contributed by atoms with E-state index in [0.29, 0.717) is 23.8 Å². The Labute approximate surface area is 115 Å². The SMILES string of the molecule is CO[P@@](=O)(NC1CCOC1=O)Oc1ccc(Cl)cc1. The molecule has 0 bridgehead atoms. The van der Waals surface area contributed by atoms with Crippen LogP contribution in [0.1, 0.15) is 6.42 Å². The number of hydrogen-bond acceptors (Lipinski definition) is 5. The van der Waals surface area contributed by atoms with Crippen LogP contribution in [-0.4, -0.2) is 25.7 Å². The highest BCUT2D eigenvalue weighted by Crippen LogP contribution is 2.44. The van der Waals surface area contributed by atoms with Crippen LogP contribution in [0.25, 0.3) is 0 Å². The lowest BCUT2D eigenvalue weighted by Gasteiger charge is -2.19. The van der Waals surface area contributed by atoms with E-state index in [0.717, 1.165) is 0 Å². The molecule has 2 atom stereocenters. The Morgan fingerprint density at radius 1 is 1.42 bits per heavy atom. The van der Waals surface area contributed by atoms with E-state index < -0.39 is 19.8 Å². The molecule has 0 aromatic heterocycles. The Bertz CT molecular complexity index is 506. The highest BCUT2D eigenvalue weighted by Gasteiger charge is 2.36. The second-order valence-corrected chi connectivity index (χ2v) is 6.10. The number of esters is 1. The zero-order valence-electron chi connectivity index (χ0n) is 10.2. The van der Waals surface area contributed by atoms with E-state index >= 15 is 0 Å². The van der Waals surface area contributed by atoms with Crippen LogP contribution in [0.2, 0.25) is 5.02 Å². The number of halogens is 1. The third-order valence-corrected chi connectivity index (χ3v) is 4.34. The first-order valence-electron chi connectivity index (χ1n) is 5.58. The van der Waals surface area contributed by atoms with E-state index in [1.165, 1.54) is 7.11 Å². The minimum Gasteiger partial charge on any atom is -0.464 e. The first kappa shape index (κ1) is 14.3. The van der Waals surface area contributed by atoms with Gasteiger partial charge in [0, 0.05) is 18.6 Å². The van der Waals surface area contributed by atoms with Crippen LogP contribution >= 0.6 is 19.3 Å². The second kappa shape index (κ2) is 5.92. The number of rotatable bonds is 5. The van der Waals surface area contributed by atoms with Gasteiger partial charge in [0.05, 0.1) is 6.61 Å². The van der Waals surface area contributed by atoms with Gasteiger partial charge in [0.25, 0.3) is 0 Å². The summed E-state index contributed by atoms with van der Waals surface area (Å²) < 4.78 is 27.2. The molecule has 19 heavy (non-hydrogen) atoms. The van der Waals surface area contributed by atoms with Crippen molar-refractivity contribution >= 4 is 25.3 Å². The predicted octanol–water partition coefficient (Wildman–Crippen LogP) is 2.38. The van der Waals surface area contributed by atoms with Crippen molar-refractivity contribution in [1.29, 1.82) is 0 Å². The molecule has 1 aromatic rings. The van der Waals surface area contributed by atoms with Crippen molar-refractivity contribution in [2.45, 2.75) is 12.5 Å². The maximum Gasteiger partial charge on any atom is 0.459 e. The number of carbonyl (C=O) groups is 1. The fourth-order valence-corrected chi connectivity index (χ4v) is 2.93. The standard InChI is InChI=1S/C11H13ClNO5P/c1-16-19(15,13-10-6-7-17-11(10)14)18-9-4-2-8(12)3-5-9/h2-5,10H,6-7H2,1H3,(H,13,15)/t10?,19-/m0/s1. The van der Waals surface area contributed by atoms with Gasteiger partial charge in [0.15, 0.2) is 0 Å². The summed E-state index contributed by atoms with van der Waals surface area (Å²) in [7, 11) is -2.38. The maximum absolute atomic E-state index is 12.3. The number of nitrogens with one attached hydrogen (secondary N) is 1. The zero-order chi connectivity index (χ0) is 13.9. The lowest BCUT2D eigenvalue weighted by Crippen LogP contribution is -2.32. The molecule has 0 saturated carbocycles. The van der Waals surface area contributed by atoms with Gasteiger partial charge in [0.2, 0.25) is 0 Å². The van der Waals surface area contributed by atoms with Crippen LogP contribution in [0.4, 0.5) is 0 Å².